The molecule has 1 amide bonds. The summed E-state index contributed by atoms with van der Waals surface area (Å²) in [4.78, 5) is 29.9. The van der Waals surface area contributed by atoms with Crippen molar-refractivity contribution in [2.75, 3.05) is 33.9 Å². The number of hydrogen-bond donors (Lipinski definition) is 0. The number of esters is 1. The van der Waals surface area contributed by atoms with Gasteiger partial charge in [-0.15, -0.1) is 0 Å². The average molecular weight is 438 g/mol. The molecule has 0 atom stereocenters. The SMILES string of the molecule is CCOc1ccc(C2=N/C(=C\c3ccc(OCC(=O)N(C)C)c(OCC)c3)C(=O)O2)cc1. The molecule has 32 heavy (non-hydrogen) atoms. The van der Waals surface area contributed by atoms with E-state index in [-0.39, 0.29) is 24.1 Å². The summed E-state index contributed by atoms with van der Waals surface area (Å²) in [5.74, 6) is 1.17. The quantitative estimate of drug-likeness (QED) is 0.441. The third-order valence-corrected chi connectivity index (χ3v) is 4.45. The molecule has 0 spiro atoms. The smallest absolute Gasteiger partial charge is 0.363 e. The molecule has 0 aromatic heterocycles. The van der Waals surface area contributed by atoms with Crippen LogP contribution >= 0.6 is 0 Å². The summed E-state index contributed by atoms with van der Waals surface area (Å²) in [7, 11) is 3.32. The molecular weight excluding hydrogens is 412 g/mol. The number of carbonyl (C=O) groups is 2. The molecule has 2 aromatic rings. The van der Waals surface area contributed by atoms with Crippen LogP contribution in [0.5, 0.6) is 17.2 Å². The first-order valence-corrected chi connectivity index (χ1v) is 10.3. The van der Waals surface area contributed by atoms with Crippen LogP contribution in [0.3, 0.4) is 0 Å². The molecule has 3 rings (SSSR count). The Bertz CT molecular complexity index is 1040. The third kappa shape index (κ3) is 5.66. The van der Waals surface area contributed by atoms with Crippen LogP contribution in [-0.4, -0.2) is 56.6 Å². The van der Waals surface area contributed by atoms with E-state index in [0.717, 1.165) is 5.75 Å². The van der Waals surface area contributed by atoms with Crippen LogP contribution in [0.25, 0.3) is 6.08 Å². The molecule has 8 nitrogen and oxygen atoms in total. The Morgan fingerprint density at radius 2 is 1.72 bits per heavy atom. The Kier molecular flexibility index (Phi) is 7.49. The third-order valence-electron chi connectivity index (χ3n) is 4.45. The summed E-state index contributed by atoms with van der Waals surface area (Å²) in [6, 6.07) is 12.3. The van der Waals surface area contributed by atoms with Crippen LogP contribution in [0, 0.1) is 0 Å². The summed E-state index contributed by atoms with van der Waals surface area (Å²) in [6.07, 6.45) is 1.61. The van der Waals surface area contributed by atoms with Crippen molar-refractivity contribution in [1.29, 1.82) is 0 Å². The molecular formula is C24H26N2O6. The second kappa shape index (κ2) is 10.5. The average Bonchev–Trinajstić information content (AvgIpc) is 3.14. The molecule has 0 bridgehead atoms. The van der Waals surface area contributed by atoms with Gasteiger partial charge in [-0.2, -0.15) is 0 Å². The number of hydrogen-bond acceptors (Lipinski definition) is 7. The maximum absolute atomic E-state index is 12.3. The summed E-state index contributed by atoms with van der Waals surface area (Å²) >= 11 is 0. The van der Waals surface area contributed by atoms with Gasteiger partial charge in [-0.25, -0.2) is 9.79 Å². The number of cyclic esters (lactones) is 1. The van der Waals surface area contributed by atoms with Gasteiger partial charge < -0.3 is 23.8 Å². The van der Waals surface area contributed by atoms with Gasteiger partial charge in [0, 0.05) is 19.7 Å². The zero-order valence-corrected chi connectivity index (χ0v) is 18.6. The van der Waals surface area contributed by atoms with Crippen LogP contribution in [0.2, 0.25) is 0 Å². The van der Waals surface area contributed by atoms with Crippen molar-refractivity contribution in [3.05, 3.63) is 59.3 Å². The van der Waals surface area contributed by atoms with Crippen molar-refractivity contribution in [2.24, 2.45) is 4.99 Å². The number of rotatable bonds is 9. The lowest BCUT2D eigenvalue weighted by Gasteiger charge is -2.14. The molecule has 1 heterocycles. The van der Waals surface area contributed by atoms with Gasteiger partial charge in [-0.05, 0) is 61.9 Å². The number of carbonyl (C=O) groups excluding carboxylic acids is 2. The molecule has 0 saturated heterocycles. The molecule has 2 aromatic carbocycles. The van der Waals surface area contributed by atoms with Crippen molar-refractivity contribution < 1.29 is 28.5 Å². The molecule has 1 aliphatic heterocycles. The van der Waals surface area contributed by atoms with Gasteiger partial charge in [0.05, 0.1) is 13.2 Å². The highest BCUT2D eigenvalue weighted by Gasteiger charge is 2.24. The van der Waals surface area contributed by atoms with Crippen molar-refractivity contribution in [2.45, 2.75) is 13.8 Å². The predicted molar refractivity (Wildman–Crippen MR) is 120 cm³/mol. The van der Waals surface area contributed by atoms with Crippen molar-refractivity contribution in [3.63, 3.8) is 0 Å². The minimum absolute atomic E-state index is 0.102. The number of ether oxygens (including phenoxy) is 4. The maximum Gasteiger partial charge on any atom is 0.363 e. The second-order valence-electron chi connectivity index (χ2n) is 7.01. The van der Waals surface area contributed by atoms with Gasteiger partial charge in [0.2, 0.25) is 5.90 Å². The molecule has 1 aliphatic rings. The highest BCUT2D eigenvalue weighted by Crippen LogP contribution is 2.30. The first kappa shape index (κ1) is 22.9. The van der Waals surface area contributed by atoms with Crippen molar-refractivity contribution in [1.82, 2.24) is 4.90 Å². The fourth-order valence-corrected chi connectivity index (χ4v) is 2.82. The lowest BCUT2D eigenvalue weighted by Crippen LogP contribution is -2.27. The van der Waals surface area contributed by atoms with Crippen LogP contribution in [-0.2, 0) is 14.3 Å². The van der Waals surface area contributed by atoms with Gasteiger partial charge in [-0.3, -0.25) is 4.79 Å². The lowest BCUT2D eigenvalue weighted by atomic mass is 10.1. The van der Waals surface area contributed by atoms with Gasteiger partial charge in [0.1, 0.15) is 5.75 Å². The first-order valence-electron chi connectivity index (χ1n) is 10.3. The molecule has 0 saturated carbocycles. The Morgan fingerprint density at radius 3 is 2.38 bits per heavy atom. The van der Waals surface area contributed by atoms with E-state index in [2.05, 4.69) is 4.99 Å². The van der Waals surface area contributed by atoms with Crippen molar-refractivity contribution >= 4 is 23.9 Å². The van der Waals surface area contributed by atoms with E-state index in [9.17, 15) is 9.59 Å². The van der Waals surface area contributed by atoms with Crippen LogP contribution in [0.1, 0.15) is 25.0 Å². The number of benzene rings is 2. The second-order valence-corrected chi connectivity index (χ2v) is 7.01. The van der Waals surface area contributed by atoms with E-state index in [1.807, 2.05) is 13.8 Å². The maximum atomic E-state index is 12.3. The van der Waals surface area contributed by atoms with Crippen LogP contribution in [0.15, 0.2) is 53.2 Å². The molecule has 0 radical (unpaired) electrons. The van der Waals surface area contributed by atoms with Crippen LogP contribution < -0.4 is 14.2 Å². The predicted octanol–water partition coefficient (Wildman–Crippen LogP) is 3.30. The van der Waals surface area contributed by atoms with E-state index in [1.54, 1.807) is 62.6 Å². The minimum atomic E-state index is -0.538. The normalized spacial score (nSPS) is 14.1. The topological polar surface area (TPSA) is 86.7 Å². The first-order chi connectivity index (χ1) is 15.4. The van der Waals surface area contributed by atoms with E-state index in [0.29, 0.717) is 35.8 Å². The molecule has 168 valence electrons. The molecule has 0 N–H and O–H groups in total. The zero-order chi connectivity index (χ0) is 23.1. The summed E-state index contributed by atoms with van der Waals surface area (Å²) < 4.78 is 22.0. The number of nitrogens with zero attached hydrogens (tertiary/aromatic N) is 2. The number of likely N-dealkylation sites (N-methyl/N-ethyl adjacent to an activating group) is 1. The van der Waals surface area contributed by atoms with E-state index < -0.39 is 5.97 Å². The van der Waals surface area contributed by atoms with Crippen LogP contribution in [0.4, 0.5) is 0 Å². The molecule has 0 aliphatic carbocycles. The highest BCUT2D eigenvalue weighted by molar-refractivity contribution is 6.12. The van der Waals surface area contributed by atoms with Crippen molar-refractivity contribution in [3.8, 4) is 17.2 Å². The summed E-state index contributed by atoms with van der Waals surface area (Å²) in [5.41, 5.74) is 1.53. The zero-order valence-electron chi connectivity index (χ0n) is 18.6. The van der Waals surface area contributed by atoms with E-state index in [1.165, 1.54) is 4.90 Å². The van der Waals surface area contributed by atoms with E-state index in [4.69, 9.17) is 18.9 Å². The monoisotopic (exact) mass is 438 g/mol. The largest absolute Gasteiger partial charge is 0.494 e. The Morgan fingerprint density at radius 1 is 1.00 bits per heavy atom. The standard InChI is InChI=1S/C24H26N2O6/c1-5-29-18-10-8-17(9-11-18)23-25-19(24(28)32-23)13-16-7-12-20(21(14-16)30-6-2)31-15-22(27)26(3)4/h7-14H,5-6,15H2,1-4H3/b19-13-. The molecule has 0 unspecified atom stereocenters. The molecule has 0 fully saturated rings. The number of aliphatic imine (C=N–C) groups is 1. The van der Waals surface area contributed by atoms with E-state index >= 15 is 0 Å². The Balaban J connectivity index is 1.80. The van der Waals surface area contributed by atoms with Gasteiger partial charge in [0.15, 0.2) is 23.8 Å². The fraction of sp³-hybridized carbons (Fsp3) is 0.292. The fourth-order valence-electron chi connectivity index (χ4n) is 2.82. The summed E-state index contributed by atoms with van der Waals surface area (Å²) in [6.45, 7) is 4.64. The van der Waals surface area contributed by atoms with Gasteiger partial charge in [-0.1, -0.05) is 6.07 Å². The number of amides is 1. The highest BCUT2D eigenvalue weighted by atomic mass is 16.6. The molecule has 8 heteroatoms. The lowest BCUT2D eigenvalue weighted by molar-refractivity contribution is -0.131. The summed E-state index contributed by atoms with van der Waals surface area (Å²) in [5, 5.41) is 0. The van der Waals surface area contributed by atoms with Gasteiger partial charge in [0.25, 0.3) is 5.91 Å². The Hall–Kier alpha value is -3.81. The minimum Gasteiger partial charge on any atom is -0.494 e. The Labute approximate surface area is 187 Å². The van der Waals surface area contributed by atoms with Gasteiger partial charge >= 0.3 is 5.97 Å².